The van der Waals surface area contributed by atoms with E-state index in [1.54, 1.807) is 36.4 Å². The summed E-state index contributed by atoms with van der Waals surface area (Å²) in [5.74, 6) is 0.644. The Kier molecular flexibility index (Phi) is 6.88. The van der Waals surface area contributed by atoms with Crippen LogP contribution in [0.5, 0.6) is 0 Å². The molecule has 7 heteroatoms. The van der Waals surface area contributed by atoms with E-state index in [0.717, 1.165) is 22.4 Å². The molecule has 0 fully saturated rings. The van der Waals surface area contributed by atoms with Gasteiger partial charge in [0, 0.05) is 28.6 Å². The minimum atomic E-state index is -0.0766. The molecule has 0 atom stereocenters. The van der Waals surface area contributed by atoms with E-state index in [1.165, 1.54) is 0 Å². The summed E-state index contributed by atoms with van der Waals surface area (Å²) in [6.07, 6.45) is 0.789. The van der Waals surface area contributed by atoms with Crippen LogP contribution in [0, 0.1) is 0 Å². The lowest BCUT2D eigenvalue weighted by atomic mass is 10.1. The predicted molar refractivity (Wildman–Crippen MR) is 127 cm³/mol. The Morgan fingerprint density at radius 3 is 2.25 bits per heavy atom. The number of Topliss-reactive ketones (excluding diaryl/α,β-unsaturated/α-hetero) is 1. The molecular weight excluding hydrogens is 445 g/mol. The molecule has 4 aromatic rings. The van der Waals surface area contributed by atoms with Crippen LogP contribution >= 0.6 is 23.2 Å². The predicted octanol–water partition coefficient (Wildman–Crippen LogP) is 5.13. The van der Waals surface area contributed by atoms with Crippen molar-refractivity contribution < 1.29 is 9.59 Å². The van der Waals surface area contributed by atoms with Crippen molar-refractivity contribution in [2.45, 2.75) is 19.4 Å². The molecule has 4 rings (SSSR count). The Morgan fingerprint density at radius 2 is 1.53 bits per heavy atom. The summed E-state index contributed by atoms with van der Waals surface area (Å²) in [7, 11) is 0. The number of nitrogens with zero attached hydrogens (tertiary/aromatic N) is 2. The summed E-state index contributed by atoms with van der Waals surface area (Å²) in [5, 5.41) is 4.16. The molecule has 1 N–H and O–H groups in total. The number of carbonyl (C=O) groups is 2. The lowest BCUT2D eigenvalue weighted by molar-refractivity contribution is -0.120. The molecule has 1 amide bonds. The van der Waals surface area contributed by atoms with Crippen molar-refractivity contribution in [3.63, 3.8) is 0 Å². The van der Waals surface area contributed by atoms with Crippen LogP contribution in [0.25, 0.3) is 11.0 Å². The van der Waals surface area contributed by atoms with Crippen LogP contribution in [0.1, 0.15) is 21.7 Å². The van der Waals surface area contributed by atoms with Gasteiger partial charge in [-0.2, -0.15) is 0 Å². The van der Waals surface area contributed by atoms with E-state index in [9.17, 15) is 9.59 Å². The molecule has 0 saturated heterocycles. The summed E-state index contributed by atoms with van der Waals surface area (Å²) in [6.45, 7) is 0.584. The van der Waals surface area contributed by atoms with Crippen LogP contribution in [0.4, 0.5) is 0 Å². The molecule has 1 aromatic heterocycles. The van der Waals surface area contributed by atoms with Gasteiger partial charge in [-0.15, -0.1) is 0 Å². The first-order valence-electron chi connectivity index (χ1n) is 10.2. The number of hydrogen-bond acceptors (Lipinski definition) is 3. The molecular formula is C25H21Cl2N3O2. The molecule has 0 aliphatic rings. The monoisotopic (exact) mass is 465 g/mol. The highest BCUT2D eigenvalue weighted by atomic mass is 35.5. The number of imidazole rings is 1. The van der Waals surface area contributed by atoms with Crippen molar-refractivity contribution in [3.8, 4) is 0 Å². The number of aromatic nitrogens is 2. The Balaban J connectivity index is 1.45. The van der Waals surface area contributed by atoms with E-state index in [4.69, 9.17) is 23.2 Å². The van der Waals surface area contributed by atoms with E-state index >= 15 is 0 Å². The van der Waals surface area contributed by atoms with Gasteiger partial charge >= 0.3 is 0 Å². The average molecular weight is 466 g/mol. The number of rotatable bonds is 8. The molecule has 0 aliphatic carbocycles. The van der Waals surface area contributed by atoms with Gasteiger partial charge in [0.2, 0.25) is 5.91 Å². The third kappa shape index (κ3) is 5.36. The molecule has 0 radical (unpaired) electrons. The quantitative estimate of drug-likeness (QED) is 0.367. The van der Waals surface area contributed by atoms with E-state index in [-0.39, 0.29) is 24.7 Å². The highest BCUT2D eigenvalue weighted by molar-refractivity contribution is 6.30. The van der Waals surface area contributed by atoms with Gasteiger partial charge in [-0.25, -0.2) is 4.98 Å². The lowest BCUT2D eigenvalue weighted by Gasteiger charge is -2.10. The van der Waals surface area contributed by atoms with Gasteiger partial charge < -0.3 is 9.88 Å². The highest BCUT2D eigenvalue weighted by Crippen LogP contribution is 2.18. The van der Waals surface area contributed by atoms with E-state index < -0.39 is 0 Å². The summed E-state index contributed by atoms with van der Waals surface area (Å²) in [4.78, 5) is 29.8. The number of hydrogen-bond donors (Lipinski definition) is 1. The fourth-order valence-electron chi connectivity index (χ4n) is 3.53. The zero-order chi connectivity index (χ0) is 22.5. The molecule has 0 bridgehead atoms. The van der Waals surface area contributed by atoms with Crippen molar-refractivity contribution >= 4 is 45.9 Å². The molecule has 5 nitrogen and oxygen atoms in total. The van der Waals surface area contributed by atoms with Crippen LogP contribution < -0.4 is 5.32 Å². The number of halogens is 2. The highest BCUT2D eigenvalue weighted by Gasteiger charge is 2.15. The lowest BCUT2D eigenvalue weighted by Crippen LogP contribution is -2.28. The third-order valence-electron chi connectivity index (χ3n) is 5.15. The van der Waals surface area contributed by atoms with Crippen LogP contribution in [-0.2, 0) is 24.2 Å². The number of fused-ring (bicyclic) bond motifs is 1. The molecule has 32 heavy (non-hydrogen) atoms. The van der Waals surface area contributed by atoms with Gasteiger partial charge in [0.25, 0.3) is 0 Å². The number of carbonyl (C=O) groups excluding carboxylic acids is 2. The first-order valence-corrected chi connectivity index (χ1v) is 11.0. The van der Waals surface area contributed by atoms with Crippen molar-refractivity contribution in [2.75, 3.05) is 6.54 Å². The SMILES string of the molecule is O=C(Cc1ccc(Cl)cc1)NCCc1nc2ccccc2n1CC(=O)c1ccc(Cl)cc1. The van der Waals surface area contributed by atoms with Crippen LogP contribution in [0.3, 0.4) is 0 Å². The number of nitrogens with one attached hydrogen (secondary N) is 1. The Morgan fingerprint density at radius 1 is 0.875 bits per heavy atom. The smallest absolute Gasteiger partial charge is 0.224 e. The van der Waals surface area contributed by atoms with E-state index in [2.05, 4.69) is 10.3 Å². The first-order chi connectivity index (χ1) is 15.5. The summed E-state index contributed by atoms with van der Waals surface area (Å²) < 4.78 is 1.91. The Hall–Kier alpha value is -3.15. The zero-order valence-electron chi connectivity index (χ0n) is 17.2. The minimum Gasteiger partial charge on any atom is -0.355 e. The van der Waals surface area contributed by atoms with Crippen LogP contribution in [0.15, 0.2) is 72.8 Å². The molecule has 162 valence electrons. The van der Waals surface area contributed by atoms with Crippen LogP contribution in [-0.4, -0.2) is 27.8 Å². The fourth-order valence-corrected chi connectivity index (χ4v) is 3.78. The zero-order valence-corrected chi connectivity index (χ0v) is 18.7. The van der Waals surface area contributed by atoms with Crippen molar-refractivity contribution in [1.82, 2.24) is 14.9 Å². The van der Waals surface area contributed by atoms with Gasteiger partial charge in [-0.3, -0.25) is 9.59 Å². The molecule has 1 heterocycles. The van der Waals surface area contributed by atoms with Gasteiger partial charge in [0.1, 0.15) is 5.82 Å². The average Bonchev–Trinajstić information content (AvgIpc) is 3.13. The third-order valence-corrected chi connectivity index (χ3v) is 5.65. The normalized spacial score (nSPS) is 10.9. The van der Waals surface area contributed by atoms with E-state index in [1.807, 2.05) is 41.0 Å². The number of para-hydroxylation sites is 2. The second-order valence-electron chi connectivity index (χ2n) is 7.44. The first kappa shape index (κ1) is 22.1. The minimum absolute atomic E-state index is 0.0298. The van der Waals surface area contributed by atoms with Gasteiger partial charge in [-0.1, -0.05) is 47.5 Å². The molecule has 0 unspecified atom stereocenters. The standard InChI is InChI=1S/C25H21Cl2N3O2/c26-19-9-5-17(6-10-19)15-25(32)28-14-13-24-29-21-3-1-2-4-22(21)30(24)16-23(31)18-7-11-20(27)12-8-18/h1-12H,13-16H2,(H,28,32). The summed E-state index contributed by atoms with van der Waals surface area (Å²) in [5.41, 5.74) is 3.19. The topological polar surface area (TPSA) is 64.0 Å². The van der Waals surface area contributed by atoms with E-state index in [0.29, 0.717) is 28.6 Å². The molecule has 0 aliphatic heterocycles. The maximum atomic E-state index is 12.9. The second-order valence-corrected chi connectivity index (χ2v) is 8.31. The van der Waals surface area contributed by atoms with Gasteiger partial charge in [0.05, 0.1) is 24.0 Å². The van der Waals surface area contributed by atoms with Crippen molar-refractivity contribution in [1.29, 1.82) is 0 Å². The van der Waals surface area contributed by atoms with Gasteiger partial charge in [0.15, 0.2) is 5.78 Å². The molecule has 0 spiro atoms. The maximum Gasteiger partial charge on any atom is 0.224 e. The number of benzene rings is 3. The largest absolute Gasteiger partial charge is 0.355 e. The number of ketones is 1. The molecule has 3 aromatic carbocycles. The number of amides is 1. The maximum absolute atomic E-state index is 12.9. The summed E-state index contributed by atoms with van der Waals surface area (Å²) >= 11 is 11.8. The van der Waals surface area contributed by atoms with Crippen molar-refractivity contribution in [2.24, 2.45) is 0 Å². The van der Waals surface area contributed by atoms with Crippen molar-refractivity contribution in [3.05, 3.63) is 99.8 Å². The Labute approximate surface area is 196 Å². The second kappa shape index (κ2) is 9.98. The fraction of sp³-hybridized carbons (Fsp3) is 0.160. The van der Waals surface area contributed by atoms with Gasteiger partial charge in [-0.05, 0) is 54.1 Å². The Bertz CT molecular complexity index is 1250. The summed E-state index contributed by atoms with van der Waals surface area (Å²) in [6, 6.07) is 21.8. The van der Waals surface area contributed by atoms with Crippen LogP contribution in [0.2, 0.25) is 10.0 Å². The molecule has 0 saturated carbocycles.